The number of rotatable bonds is 5. The monoisotopic (exact) mass is 186 g/mol. The fourth-order valence-corrected chi connectivity index (χ4v) is 2.19. The topological polar surface area (TPSA) is 9.23 Å². The van der Waals surface area contributed by atoms with Crippen LogP contribution in [0.3, 0.4) is 0 Å². The summed E-state index contributed by atoms with van der Waals surface area (Å²) in [6.45, 7) is 4.52. The van der Waals surface area contributed by atoms with Crippen molar-refractivity contribution in [1.82, 2.24) is 0 Å². The van der Waals surface area contributed by atoms with Gasteiger partial charge in [0.1, 0.15) is 0 Å². The van der Waals surface area contributed by atoms with Crippen molar-refractivity contribution in [3.8, 4) is 0 Å². The van der Waals surface area contributed by atoms with E-state index in [2.05, 4.69) is 19.5 Å². The van der Waals surface area contributed by atoms with Crippen molar-refractivity contribution in [2.45, 2.75) is 32.1 Å². The van der Waals surface area contributed by atoms with Gasteiger partial charge >= 0.3 is 0 Å². The van der Waals surface area contributed by atoms with E-state index >= 15 is 0 Å². The summed E-state index contributed by atoms with van der Waals surface area (Å²) in [6.07, 6.45) is 8.86. The molecule has 0 aromatic carbocycles. The molecule has 0 saturated heterocycles. The Kier molecular flexibility index (Phi) is 4.77. The molecule has 1 aliphatic rings. The van der Waals surface area contributed by atoms with E-state index in [1.807, 2.05) is 6.08 Å². The Balaban J connectivity index is 2.20. The molecule has 0 aliphatic heterocycles. The van der Waals surface area contributed by atoms with E-state index in [1.54, 1.807) is 0 Å². The zero-order chi connectivity index (χ0) is 8.81. The summed E-state index contributed by atoms with van der Waals surface area (Å²) in [5, 5.41) is 0. The largest absolute Gasteiger partial charge is 0.318 e. The minimum atomic E-state index is 0.505. The number of thiol groups is 1. The van der Waals surface area contributed by atoms with Gasteiger partial charge in [0.15, 0.2) is 0 Å². The van der Waals surface area contributed by atoms with Gasteiger partial charge in [-0.3, -0.25) is 0 Å². The lowest BCUT2D eigenvalue weighted by Crippen LogP contribution is -2.08. The Morgan fingerprint density at radius 2 is 2.17 bits per heavy atom. The molecule has 0 spiro atoms. The van der Waals surface area contributed by atoms with Gasteiger partial charge in [-0.2, -0.15) is 0 Å². The van der Waals surface area contributed by atoms with Crippen LogP contribution < -0.4 is 0 Å². The van der Waals surface area contributed by atoms with E-state index in [4.69, 9.17) is 4.18 Å². The van der Waals surface area contributed by atoms with Gasteiger partial charge in [-0.1, -0.05) is 31.8 Å². The molecule has 1 atom stereocenters. The molecule has 0 bridgehead atoms. The lowest BCUT2D eigenvalue weighted by Gasteiger charge is -2.15. The summed E-state index contributed by atoms with van der Waals surface area (Å²) in [5.41, 5.74) is 0. The second kappa shape index (κ2) is 5.65. The SMILES string of the molecule is C=CC(COS)CC1CCCC1. The van der Waals surface area contributed by atoms with Crippen molar-refractivity contribution < 1.29 is 4.18 Å². The van der Waals surface area contributed by atoms with E-state index in [0.717, 1.165) is 5.92 Å². The van der Waals surface area contributed by atoms with Crippen LogP contribution >= 0.6 is 12.9 Å². The molecule has 1 unspecified atom stereocenters. The van der Waals surface area contributed by atoms with Crippen molar-refractivity contribution >= 4 is 12.9 Å². The summed E-state index contributed by atoms with van der Waals surface area (Å²) < 4.78 is 4.83. The van der Waals surface area contributed by atoms with Crippen LogP contribution in [0, 0.1) is 11.8 Å². The van der Waals surface area contributed by atoms with Crippen molar-refractivity contribution in [2.75, 3.05) is 6.61 Å². The molecule has 0 heterocycles. The van der Waals surface area contributed by atoms with Gasteiger partial charge in [0.05, 0.1) is 6.61 Å². The molecule has 2 heteroatoms. The fraction of sp³-hybridized carbons (Fsp3) is 0.800. The van der Waals surface area contributed by atoms with Crippen LogP contribution in [0.1, 0.15) is 32.1 Å². The molecule has 12 heavy (non-hydrogen) atoms. The first-order valence-corrected chi connectivity index (χ1v) is 5.12. The first-order valence-electron chi connectivity index (χ1n) is 4.75. The quantitative estimate of drug-likeness (QED) is 0.394. The third-order valence-corrected chi connectivity index (χ3v) is 2.88. The van der Waals surface area contributed by atoms with Gasteiger partial charge in [-0.05, 0) is 25.2 Å². The van der Waals surface area contributed by atoms with Gasteiger partial charge in [0, 0.05) is 5.92 Å². The molecule has 0 amide bonds. The molecule has 1 aliphatic carbocycles. The van der Waals surface area contributed by atoms with Crippen LogP contribution in [0.4, 0.5) is 0 Å². The standard InChI is InChI=1S/C10H18OS/c1-2-9(8-11-12)7-10-5-3-4-6-10/h2,9-10,12H,1,3-8H2. The molecule has 1 saturated carbocycles. The first kappa shape index (κ1) is 10.1. The highest BCUT2D eigenvalue weighted by atomic mass is 32.1. The highest BCUT2D eigenvalue weighted by Gasteiger charge is 2.18. The predicted octanol–water partition coefficient (Wildman–Crippen LogP) is 3.23. The Morgan fingerprint density at radius 3 is 2.67 bits per heavy atom. The molecular weight excluding hydrogens is 168 g/mol. The Morgan fingerprint density at radius 1 is 1.50 bits per heavy atom. The molecule has 0 radical (unpaired) electrons. The predicted molar refractivity (Wildman–Crippen MR) is 55.2 cm³/mol. The summed E-state index contributed by atoms with van der Waals surface area (Å²) in [6, 6.07) is 0. The second-order valence-corrected chi connectivity index (χ2v) is 3.94. The van der Waals surface area contributed by atoms with Crippen LogP contribution in [0.15, 0.2) is 12.7 Å². The maximum atomic E-state index is 4.83. The average Bonchev–Trinajstić information content (AvgIpc) is 2.56. The van der Waals surface area contributed by atoms with E-state index in [-0.39, 0.29) is 0 Å². The summed E-state index contributed by atoms with van der Waals surface area (Å²) >= 11 is 3.76. The zero-order valence-electron chi connectivity index (χ0n) is 7.54. The van der Waals surface area contributed by atoms with Crippen LogP contribution in [0.25, 0.3) is 0 Å². The Labute approximate surface area is 80.8 Å². The van der Waals surface area contributed by atoms with Crippen LogP contribution in [-0.4, -0.2) is 6.61 Å². The summed E-state index contributed by atoms with van der Waals surface area (Å²) in [7, 11) is 0. The number of hydrogen-bond donors (Lipinski definition) is 1. The van der Waals surface area contributed by atoms with Gasteiger partial charge in [-0.25, -0.2) is 0 Å². The van der Waals surface area contributed by atoms with Gasteiger partial charge in [0.25, 0.3) is 0 Å². The maximum Gasteiger partial charge on any atom is 0.0673 e. The second-order valence-electron chi connectivity index (χ2n) is 3.68. The molecular formula is C10H18OS. The highest BCUT2D eigenvalue weighted by molar-refractivity contribution is 7.75. The fourth-order valence-electron chi connectivity index (χ4n) is 2.00. The van der Waals surface area contributed by atoms with E-state index in [1.165, 1.54) is 32.1 Å². The molecule has 0 aromatic heterocycles. The maximum absolute atomic E-state index is 4.83. The van der Waals surface area contributed by atoms with Crippen LogP contribution in [0.2, 0.25) is 0 Å². The van der Waals surface area contributed by atoms with Gasteiger partial charge in [-0.15, -0.1) is 6.58 Å². The van der Waals surface area contributed by atoms with E-state index in [0.29, 0.717) is 12.5 Å². The van der Waals surface area contributed by atoms with Crippen LogP contribution in [0.5, 0.6) is 0 Å². The molecule has 0 N–H and O–H groups in total. The smallest absolute Gasteiger partial charge is 0.0673 e. The van der Waals surface area contributed by atoms with Crippen molar-refractivity contribution in [3.05, 3.63) is 12.7 Å². The third kappa shape index (κ3) is 3.20. The molecule has 1 fully saturated rings. The number of hydrogen-bond acceptors (Lipinski definition) is 2. The molecule has 1 nitrogen and oxygen atoms in total. The van der Waals surface area contributed by atoms with Gasteiger partial charge < -0.3 is 4.18 Å². The molecule has 1 rings (SSSR count). The third-order valence-electron chi connectivity index (χ3n) is 2.73. The summed E-state index contributed by atoms with van der Waals surface area (Å²) in [5.74, 6) is 1.42. The highest BCUT2D eigenvalue weighted by Crippen LogP contribution is 2.30. The van der Waals surface area contributed by atoms with Crippen molar-refractivity contribution in [2.24, 2.45) is 11.8 Å². The zero-order valence-corrected chi connectivity index (χ0v) is 8.43. The van der Waals surface area contributed by atoms with Crippen LogP contribution in [-0.2, 0) is 4.18 Å². The van der Waals surface area contributed by atoms with E-state index < -0.39 is 0 Å². The lowest BCUT2D eigenvalue weighted by molar-refractivity contribution is 0.288. The van der Waals surface area contributed by atoms with Crippen molar-refractivity contribution in [1.29, 1.82) is 0 Å². The molecule has 0 aromatic rings. The minimum absolute atomic E-state index is 0.505. The first-order chi connectivity index (χ1) is 5.86. The lowest BCUT2D eigenvalue weighted by atomic mass is 9.94. The minimum Gasteiger partial charge on any atom is -0.318 e. The molecule has 70 valence electrons. The normalized spacial score (nSPS) is 21.1. The van der Waals surface area contributed by atoms with E-state index in [9.17, 15) is 0 Å². The summed E-state index contributed by atoms with van der Waals surface area (Å²) in [4.78, 5) is 0. The Bertz CT molecular complexity index is 130. The van der Waals surface area contributed by atoms with Gasteiger partial charge in [0.2, 0.25) is 0 Å². The average molecular weight is 186 g/mol. The van der Waals surface area contributed by atoms with Crippen molar-refractivity contribution in [3.63, 3.8) is 0 Å². The Hall–Kier alpha value is 0.0500.